The molecule has 2 aliphatic heterocycles. The van der Waals surface area contributed by atoms with Crippen molar-refractivity contribution in [2.75, 3.05) is 25.4 Å². The van der Waals surface area contributed by atoms with Crippen LogP contribution in [0.1, 0.15) is 63.4 Å². The minimum Gasteiger partial charge on any atom is -0.342 e. The van der Waals surface area contributed by atoms with Crippen molar-refractivity contribution in [3.63, 3.8) is 0 Å². The predicted octanol–water partition coefficient (Wildman–Crippen LogP) is 4.48. The molecule has 1 spiro atoms. The van der Waals surface area contributed by atoms with Gasteiger partial charge in [0.15, 0.2) is 0 Å². The second kappa shape index (κ2) is 9.55. The molecule has 3 fully saturated rings. The Kier molecular flexibility index (Phi) is 6.84. The van der Waals surface area contributed by atoms with Crippen molar-refractivity contribution in [1.82, 2.24) is 9.80 Å². The van der Waals surface area contributed by atoms with Gasteiger partial charge in [-0.2, -0.15) is 0 Å². The minimum atomic E-state index is -0.0734. The Balaban J connectivity index is 1.27. The number of amides is 2. The quantitative estimate of drug-likeness (QED) is 0.689. The van der Waals surface area contributed by atoms with Crippen molar-refractivity contribution in [2.24, 2.45) is 5.92 Å². The summed E-state index contributed by atoms with van der Waals surface area (Å²) in [5, 5.41) is 0. The lowest BCUT2D eigenvalue weighted by atomic mass is 9.98. The molecular weight excluding hydrogens is 380 g/mol. The first-order valence-electron chi connectivity index (χ1n) is 11.4. The second-order valence-electron chi connectivity index (χ2n) is 8.90. The maximum atomic E-state index is 13.0. The molecule has 3 aliphatic rings. The van der Waals surface area contributed by atoms with Crippen molar-refractivity contribution in [3.8, 4) is 0 Å². The Morgan fingerprint density at radius 2 is 1.69 bits per heavy atom. The van der Waals surface area contributed by atoms with Crippen LogP contribution in [-0.4, -0.2) is 51.9 Å². The van der Waals surface area contributed by atoms with Gasteiger partial charge in [0.2, 0.25) is 11.8 Å². The van der Waals surface area contributed by atoms with Crippen LogP contribution in [0.3, 0.4) is 0 Å². The Labute approximate surface area is 179 Å². The highest BCUT2D eigenvalue weighted by Crippen LogP contribution is 2.44. The third-order valence-corrected chi connectivity index (χ3v) is 8.64. The van der Waals surface area contributed by atoms with E-state index in [4.69, 9.17) is 0 Å². The van der Waals surface area contributed by atoms with Crippen LogP contribution >= 0.6 is 11.8 Å². The molecule has 4 nitrogen and oxygen atoms in total. The average Bonchev–Trinajstić information content (AvgIpc) is 3.42. The van der Waals surface area contributed by atoms with E-state index in [1.54, 1.807) is 0 Å². The number of piperidine rings is 1. The number of thioether (sulfide) groups is 1. The molecule has 1 aromatic rings. The van der Waals surface area contributed by atoms with Gasteiger partial charge in [0.1, 0.15) is 0 Å². The lowest BCUT2D eigenvalue weighted by Crippen LogP contribution is -2.53. The first-order chi connectivity index (χ1) is 14.2. The number of aryl methyl sites for hydroxylation is 1. The van der Waals surface area contributed by atoms with Gasteiger partial charge in [-0.1, -0.05) is 56.0 Å². The fourth-order valence-corrected chi connectivity index (χ4v) is 6.77. The van der Waals surface area contributed by atoms with Crippen LogP contribution in [0, 0.1) is 5.92 Å². The lowest BCUT2D eigenvalue weighted by molar-refractivity contribution is -0.137. The average molecular weight is 415 g/mol. The van der Waals surface area contributed by atoms with Crippen molar-refractivity contribution in [1.29, 1.82) is 0 Å². The molecule has 5 heteroatoms. The van der Waals surface area contributed by atoms with Gasteiger partial charge in [-0.3, -0.25) is 9.59 Å². The normalized spacial score (nSPS) is 21.8. The highest BCUT2D eigenvalue weighted by Gasteiger charge is 2.46. The predicted molar refractivity (Wildman–Crippen MR) is 119 cm³/mol. The Hall–Kier alpha value is -1.49. The molecule has 0 aromatic heterocycles. The van der Waals surface area contributed by atoms with E-state index in [2.05, 4.69) is 21.9 Å². The largest absolute Gasteiger partial charge is 0.342 e. The summed E-state index contributed by atoms with van der Waals surface area (Å²) in [6.45, 7) is 2.46. The van der Waals surface area contributed by atoms with Crippen LogP contribution in [0.5, 0.6) is 0 Å². The number of benzene rings is 1. The summed E-state index contributed by atoms with van der Waals surface area (Å²) in [7, 11) is 0. The molecule has 2 saturated heterocycles. The second-order valence-corrected chi connectivity index (χ2v) is 10.4. The number of likely N-dealkylation sites (tertiary alicyclic amines) is 1. The molecule has 1 aromatic carbocycles. The summed E-state index contributed by atoms with van der Waals surface area (Å²) in [5.74, 6) is 2.40. The fourth-order valence-electron chi connectivity index (χ4n) is 5.30. The topological polar surface area (TPSA) is 40.6 Å². The Morgan fingerprint density at radius 1 is 0.966 bits per heavy atom. The number of carbonyl (C=O) groups is 2. The third-order valence-electron chi connectivity index (χ3n) is 7.09. The first-order valence-corrected chi connectivity index (χ1v) is 12.4. The van der Waals surface area contributed by atoms with Crippen LogP contribution in [0.2, 0.25) is 0 Å². The van der Waals surface area contributed by atoms with E-state index in [1.165, 1.54) is 31.2 Å². The fraction of sp³-hybridized carbons (Fsp3) is 0.667. The number of nitrogens with zero attached hydrogens (tertiary/aromatic N) is 2. The number of carbonyl (C=O) groups excluding carboxylic acids is 2. The molecule has 158 valence electrons. The van der Waals surface area contributed by atoms with Crippen LogP contribution in [0.15, 0.2) is 30.3 Å². The molecule has 2 heterocycles. The van der Waals surface area contributed by atoms with Crippen LogP contribution in [0.25, 0.3) is 0 Å². The minimum absolute atomic E-state index is 0.0734. The van der Waals surface area contributed by atoms with Gasteiger partial charge in [-0.05, 0) is 37.2 Å². The maximum Gasteiger partial charge on any atom is 0.224 e. The van der Waals surface area contributed by atoms with Crippen LogP contribution < -0.4 is 0 Å². The molecule has 0 unspecified atom stereocenters. The zero-order valence-electron chi connectivity index (χ0n) is 17.5. The molecule has 0 N–H and O–H groups in total. The summed E-state index contributed by atoms with van der Waals surface area (Å²) in [4.78, 5) is 29.8. The summed E-state index contributed by atoms with van der Waals surface area (Å²) < 4.78 is 0. The van der Waals surface area contributed by atoms with Gasteiger partial charge in [-0.25, -0.2) is 0 Å². The number of hydrogen-bond acceptors (Lipinski definition) is 3. The van der Waals surface area contributed by atoms with Gasteiger partial charge >= 0.3 is 0 Å². The van der Waals surface area contributed by atoms with Crippen molar-refractivity contribution in [2.45, 2.75) is 69.1 Å². The highest BCUT2D eigenvalue weighted by atomic mass is 32.2. The van der Waals surface area contributed by atoms with E-state index in [0.717, 1.165) is 57.0 Å². The molecule has 0 bridgehead atoms. The van der Waals surface area contributed by atoms with Gasteiger partial charge in [0.25, 0.3) is 0 Å². The lowest BCUT2D eigenvalue weighted by Gasteiger charge is -2.44. The van der Waals surface area contributed by atoms with E-state index < -0.39 is 0 Å². The summed E-state index contributed by atoms with van der Waals surface area (Å²) in [6, 6.07) is 10.3. The zero-order valence-corrected chi connectivity index (χ0v) is 18.3. The van der Waals surface area contributed by atoms with Gasteiger partial charge in [-0.15, -0.1) is 11.8 Å². The summed E-state index contributed by atoms with van der Waals surface area (Å²) >= 11 is 1.94. The molecular formula is C24H34N2O2S. The Morgan fingerprint density at radius 3 is 2.41 bits per heavy atom. The molecule has 1 saturated carbocycles. The monoisotopic (exact) mass is 414 g/mol. The van der Waals surface area contributed by atoms with Crippen LogP contribution in [0.4, 0.5) is 0 Å². The van der Waals surface area contributed by atoms with E-state index in [-0.39, 0.29) is 10.8 Å². The number of rotatable bonds is 6. The molecule has 0 atom stereocenters. The van der Waals surface area contributed by atoms with E-state index in [0.29, 0.717) is 18.7 Å². The number of hydrogen-bond donors (Lipinski definition) is 0. The first kappa shape index (κ1) is 20.8. The molecule has 1 aliphatic carbocycles. The van der Waals surface area contributed by atoms with Crippen molar-refractivity contribution >= 4 is 23.6 Å². The Bertz CT molecular complexity index is 694. The molecule has 2 amide bonds. The van der Waals surface area contributed by atoms with Gasteiger partial charge < -0.3 is 9.80 Å². The standard InChI is InChI=1S/C24H34N2O2S/c27-22(12-10-21-8-4-5-9-21)25-16-14-24(15-17-25)26(18-19-29-24)23(28)13-11-20-6-2-1-3-7-20/h1-3,6-7,21H,4-5,8-19H2. The molecule has 29 heavy (non-hydrogen) atoms. The SMILES string of the molecule is O=C(CCC1CCCC1)N1CCC2(CC1)SCCN2C(=O)CCc1ccccc1. The van der Waals surface area contributed by atoms with E-state index in [9.17, 15) is 9.59 Å². The summed E-state index contributed by atoms with van der Waals surface area (Å²) in [5.41, 5.74) is 1.23. The molecule has 4 rings (SSSR count). The van der Waals surface area contributed by atoms with Gasteiger partial charge in [0, 0.05) is 38.2 Å². The van der Waals surface area contributed by atoms with E-state index >= 15 is 0 Å². The summed E-state index contributed by atoms with van der Waals surface area (Å²) in [6.07, 6.45) is 10.3. The van der Waals surface area contributed by atoms with E-state index in [1.807, 2.05) is 30.0 Å². The van der Waals surface area contributed by atoms with Crippen molar-refractivity contribution in [3.05, 3.63) is 35.9 Å². The zero-order chi connectivity index (χ0) is 20.1. The van der Waals surface area contributed by atoms with Crippen molar-refractivity contribution < 1.29 is 9.59 Å². The highest BCUT2D eigenvalue weighted by molar-refractivity contribution is 8.00. The smallest absolute Gasteiger partial charge is 0.224 e. The maximum absolute atomic E-state index is 13.0. The van der Waals surface area contributed by atoms with Crippen LogP contribution in [-0.2, 0) is 16.0 Å². The van der Waals surface area contributed by atoms with Gasteiger partial charge in [0.05, 0.1) is 4.87 Å². The third kappa shape index (κ3) is 4.99. The molecule has 0 radical (unpaired) electrons.